The van der Waals surface area contributed by atoms with E-state index >= 15 is 0 Å². The molecular weight excluding hydrogens is 260 g/mol. The average molecular weight is 292 g/mol. The van der Waals surface area contributed by atoms with Crippen LogP contribution >= 0.6 is 0 Å². The number of hydrogen-bond donors (Lipinski definition) is 1. The molecule has 0 fully saturated rings. The molecule has 0 saturated carbocycles. The first kappa shape index (κ1) is 18.1. The summed E-state index contributed by atoms with van der Waals surface area (Å²) in [7, 11) is 3.97. The molecule has 0 aromatic heterocycles. The molecule has 2 unspecified atom stereocenters. The Morgan fingerprint density at radius 1 is 1.19 bits per heavy atom. The maximum absolute atomic E-state index is 5.25. The molecule has 21 heavy (non-hydrogen) atoms. The summed E-state index contributed by atoms with van der Waals surface area (Å²) in [6.07, 6.45) is 1.15. The van der Waals surface area contributed by atoms with Crippen molar-refractivity contribution in [2.24, 2.45) is 5.92 Å². The second kappa shape index (κ2) is 9.93. The van der Waals surface area contributed by atoms with E-state index in [2.05, 4.69) is 68.4 Å². The first-order chi connectivity index (χ1) is 10.1. The monoisotopic (exact) mass is 292 g/mol. The van der Waals surface area contributed by atoms with E-state index in [1.54, 1.807) is 7.11 Å². The molecule has 1 rings (SSSR count). The predicted octanol–water partition coefficient (Wildman–Crippen LogP) is 3.33. The molecule has 1 N–H and O–H groups in total. The maximum Gasteiger partial charge on any atom is 0.0589 e. The van der Waals surface area contributed by atoms with E-state index in [4.69, 9.17) is 4.74 Å². The van der Waals surface area contributed by atoms with Crippen molar-refractivity contribution in [3.8, 4) is 0 Å². The topological polar surface area (TPSA) is 24.5 Å². The fourth-order valence-electron chi connectivity index (χ4n) is 2.93. The highest BCUT2D eigenvalue weighted by Gasteiger charge is 2.28. The van der Waals surface area contributed by atoms with Gasteiger partial charge in [-0.05, 0) is 31.5 Å². The lowest BCUT2D eigenvalue weighted by Crippen LogP contribution is -2.47. The summed E-state index contributed by atoms with van der Waals surface area (Å²) in [6.45, 7) is 9.59. The Morgan fingerprint density at radius 3 is 2.38 bits per heavy atom. The molecule has 0 heterocycles. The normalized spacial score (nSPS) is 14.6. The summed E-state index contributed by atoms with van der Waals surface area (Å²) in [4.78, 5) is 2.43. The van der Waals surface area contributed by atoms with Gasteiger partial charge in [-0.2, -0.15) is 0 Å². The SMILES string of the molecule is CCCNC(c1ccccc1)C(C(C)C)N(C)CCOC. The molecule has 1 aromatic rings. The minimum absolute atomic E-state index is 0.355. The van der Waals surface area contributed by atoms with Crippen molar-refractivity contribution < 1.29 is 4.74 Å². The molecule has 2 atom stereocenters. The van der Waals surface area contributed by atoms with Crippen LogP contribution in [0.15, 0.2) is 30.3 Å². The second-order valence-electron chi connectivity index (χ2n) is 6.05. The lowest BCUT2D eigenvalue weighted by Gasteiger charge is -2.38. The lowest BCUT2D eigenvalue weighted by molar-refractivity contribution is 0.100. The van der Waals surface area contributed by atoms with E-state index in [-0.39, 0.29) is 0 Å². The van der Waals surface area contributed by atoms with Crippen LogP contribution in [0, 0.1) is 5.92 Å². The summed E-state index contributed by atoms with van der Waals surface area (Å²) in [5.41, 5.74) is 1.37. The summed E-state index contributed by atoms with van der Waals surface area (Å²) >= 11 is 0. The van der Waals surface area contributed by atoms with Crippen molar-refractivity contribution in [3.05, 3.63) is 35.9 Å². The Kier molecular flexibility index (Phi) is 8.58. The van der Waals surface area contributed by atoms with E-state index in [1.807, 2.05) is 0 Å². The molecular formula is C18H32N2O. The summed E-state index contributed by atoms with van der Waals surface area (Å²) in [5.74, 6) is 0.571. The average Bonchev–Trinajstić information content (AvgIpc) is 2.49. The first-order valence-corrected chi connectivity index (χ1v) is 8.09. The zero-order valence-electron chi connectivity index (χ0n) is 14.3. The Morgan fingerprint density at radius 2 is 1.86 bits per heavy atom. The molecule has 0 aliphatic carbocycles. The van der Waals surface area contributed by atoms with Gasteiger partial charge in [-0.3, -0.25) is 4.90 Å². The van der Waals surface area contributed by atoms with Crippen LogP contribution < -0.4 is 5.32 Å². The molecule has 0 saturated heterocycles. The van der Waals surface area contributed by atoms with Gasteiger partial charge >= 0.3 is 0 Å². The highest BCUT2D eigenvalue weighted by molar-refractivity contribution is 5.21. The maximum atomic E-state index is 5.25. The van der Waals surface area contributed by atoms with E-state index in [1.165, 1.54) is 5.56 Å². The molecule has 3 heteroatoms. The number of methoxy groups -OCH3 is 1. The molecule has 0 radical (unpaired) electrons. The van der Waals surface area contributed by atoms with Gasteiger partial charge in [0.1, 0.15) is 0 Å². The van der Waals surface area contributed by atoms with E-state index in [9.17, 15) is 0 Å². The Hall–Kier alpha value is -0.900. The molecule has 0 aliphatic rings. The van der Waals surface area contributed by atoms with Gasteiger partial charge in [0.15, 0.2) is 0 Å². The van der Waals surface area contributed by atoms with Gasteiger partial charge in [0.25, 0.3) is 0 Å². The van der Waals surface area contributed by atoms with E-state index in [0.29, 0.717) is 18.0 Å². The largest absolute Gasteiger partial charge is 0.383 e. The van der Waals surface area contributed by atoms with Gasteiger partial charge in [0.2, 0.25) is 0 Å². The van der Waals surface area contributed by atoms with Crippen LogP contribution in [0.3, 0.4) is 0 Å². The molecule has 0 amide bonds. The third kappa shape index (κ3) is 5.77. The molecule has 1 aromatic carbocycles. The van der Waals surface area contributed by atoms with Crippen molar-refractivity contribution in [1.29, 1.82) is 0 Å². The number of benzene rings is 1. The second-order valence-corrected chi connectivity index (χ2v) is 6.05. The number of nitrogens with one attached hydrogen (secondary N) is 1. The summed E-state index contributed by atoms with van der Waals surface area (Å²) < 4.78 is 5.25. The van der Waals surface area contributed by atoms with Crippen LogP contribution in [0.2, 0.25) is 0 Å². The van der Waals surface area contributed by atoms with Gasteiger partial charge in [0, 0.05) is 25.7 Å². The summed E-state index contributed by atoms with van der Waals surface area (Å²) in [5, 5.41) is 3.74. The van der Waals surface area contributed by atoms with Gasteiger partial charge in [-0.1, -0.05) is 51.1 Å². The number of rotatable bonds is 10. The predicted molar refractivity (Wildman–Crippen MR) is 90.6 cm³/mol. The smallest absolute Gasteiger partial charge is 0.0589 e. The van der Waals surface area contributed by atoms with Crippen molar-refractivity contribution >= 4 is 0 Å². The quantitative estimate of drug-likeness (QED) is 0.716. The van der Waals surface area contributed by atoms with Crippen LogP contribution in [0.5, 0.6) is 0 Å². The third-order valence-corrected chi connectivity index (χ3v) is 3.95. The van der Waals surface area contributed by atoms with Crippen molar-refractivity contribution in [1.82, 2.24) is 10.2 Å². The molecule has 0 bridgehead atoms. The number of hydrogen-bond acceptors (Lipinski definition) is 3. The third-order valence-electron chi connectivity index (χ3n) is 3.95. The van der Waals surface area contributed by atoms with Crippen LogP contribution in [0.25, 0.3) is 0 Å². The summed E-state index contributed by atoms with van der Waals surface area (Å²) in [6, 6.07) is 11.6. The zero-order valence-corrected chi connectivity index (χ0v) is 14.3. The highest BCUT2D eigenvalue weighted by Crippen LogP contribution is 2.26. The molecule has 3 nitrogen and oxygen atoms in total. The molecule has 120 valence electrons. The van der Waals surface area contributed by atoms with Crippen molar-refractivity contribution in [2.45, 2.75) is 39.3 Å². The minimum Gasteiger partial charge on any atom is -0.383 e. The molecule has 0 aliphatic heterocycles. The highest BCUT2D eigenvalue weighted by atomic mass is 16.5. The number of ether oxygens (including phenoxy) is 1. The van der Waals surface area contributed by atoms with Gasteiger partial charge < -0.3 is 10.1 Å². The van der Waals surface area contributed by atoms with E-state index in [0.717, 1.165) is 26.1 Å². The van der Waals surface area contributed by atoms with Gasteiger partial charge in [-0.15, -0.1) is 0 Å². The van der Waals surface area contributed by atoms with Gasteiger partial charge in [0.05, 0.1) is 6.61 Å². The van der Waals surface area contributed by atoms with Crippen LogP contribution in [-0.2, 0) is 4.74 Å². The van der Waals surface area contributed by atoms with Crippen LogP contribution in [0.4, 0.5) is 0 Å². The number of nitrogens with zero attached hydrogens (tertiary/aromatic N) is 1. The van der Waals surface area contributed by atoms with Crippen molar-refractivity contribution in [2.75, 3.05) is 33.9 Å². The standard InChI is InChI=1S/C18H32N2O/c1-6-12-19-17(16-10-8-7-9-11-16)18(15(2)3)20(4)13-14-21-5/h7-11,15,17-19H,6,12-14H2,1-5H3. The van der Waals surface area contributed by atoms with E-state index < -0.39 is 0 Å². The van der Waals surface area contributed by atoms with Crippen molar-refractivity contribution in [3.63, 3.8) is 0 Å². The number of likely N-dealkylation sites (N-methyl/N-ethyl adjacent to an activating group) is 1. The molecule has 0 spiro atoms. The minimum atomic E-state index is 0.355. The van der Waals surface area contributed by atoms with Crippen LogP contribution in [-0.4, -0.2) is 44.8 Å². The lowest BCUT2D eigenvalue weighted by atomic mass is 9.89. The van der Waals surface area contributed by atoms with Gasteiger partial charge in [-0.25, -0.2) is 0 Å². The Bertz CT molecular complexity index is 367. The fraction of sp³-hybridized carbons (Fsp3) is 0.667. The zero-order chi connectivity index (χ0) is 15.7. The fourth-order valence-corrected chi connectivity index (χ4v) is 2.93. The Labute approximate surface area is 130 Å². The Balaban J connectivity index is 2.95. The first-order valence-electron chi connectivity index (χ1n) is 8.09. The van der Waals surface area contributed by atoms with Crippen LogP contribution in [0.1, 0.15) is 38.8 Å².